The lowest BCUT2D eigenvalue weighted by Crippen LogP contribution is -2.13. The van der Waals surface area contributed by atoms with Crippen molar-refractivity contribution < 1.29 is 14.3 Å². The number of carbonyl (C=O) groups excluding carboxylic acids is 1. The predicted molar refractivity (Wildman–Crippen MR) is 103 cm³/mol. The van der Waals surface area contributed by atoms with Gasteiger partial charge in [0.2, 0.25) is 0 Å². The van der Waals surface area contributed by atoms with Crippen LogP contribution in [0.1, 0.15) is 16.6 Å². The van der Waals surface area contributed by atoms with Crippen LogP contribution in [0.15, 0.2) is 48.5 Å². The lowest BCUT2D eigenvalue weighted by Gasteiger charge is -2.12. The number of carbonyl (C=O) groups is 1. The van der Waals surface area contributed by atoms with Gasteiger partial charge in [-0.1, -0.05) is 41.9 Å². The second-order valence-electron chi connectivity index (χ2n) is 5.24. The van der Waals surface area contributed by atoms with E-state index in [-0.39, 0.29) is 5.91 Å². The Hall–Kier alpha value is -2.08. The molecule has 0 aliphatic rings. The first kappa shape index (κ1) is 17.7. The van der Waals surface area contributed by atoms with Crippen molar-refractivity contribution in [2.45, 2.75) is 6.92 Å². The average molecular weight is 376 g/mol. The summed E-state index contributed by atoms with van der Waals surface area (Å²) in [6.07, 6.45) is 0. The quantitative estimate of drug-likeness (QED) is 0.576. The molecule has 0 unspecified atom stereocenters. The standard InChI is InChI=1S/C19H18ClNO3S/c1-2-23-11-12-24-15-9-5-4-8-14(15)21-19(22)18-17(20)13-7-3-6-10-16(13)25-18/h3-10H,2,11-12H2,1H3,(H,21,22). The van der Waals surface area contributed by atoms with Crippen LogP contribution < -0.4 is 10.1 Å². The molecule has 1 heterocycles. The summed E-state index contributed by atoms with van der Waals surface area (Å²) in [4.78, 5) is 13.2. The number of amides is 1. The van der Waals surface area contributed by atoms with Gasteiger partial charge in [0, 0.05) is 16.7 Å². The smallest absolute Gasteiger partial charge is 0.267 e. The maximum atomic E-state index is 12.7. The van der Waals surface area contributed by atoms with E-state index >= 15 is 0 Å². The third-order valence-corrected chi connectivity index (χ3v) is 5.24. The highest BCUT2D eigenvalue weighted by Crippen LogP contribution is 2.36. The third kappa shape index (κ3) is 4.12. The lowest BCUT2D eigenvalue weighted by molar-refractivity contribution is 0.102. The number of hydrogen-bond acceptors (Lipinski definition) is 4. The van der Waals surface area contributed by atoms with Crippen LogP contribution in [0.2, 0.25) is 5.02 Å². The minimum atomic E-state index is -0.243. The molecule has 4 nitrogen and oxygen atoms in total. The molecule has 0 fully saturated rings. The number of anilines is 1. The number of para-hydroxylation sites is 2. The molecule has 0 aliphatic heterocycles. The Bertz CT molecular complexity index is 878. The molecule has 130 valence electrons. The monoisotopic (exact) mass is 375 g/mol. The maximum Gasteiger partial charge on any atom is 0.267 e. The van der Waals surface area contributed by atoms with Crippen molar-refractivity contribution in [2.75, 3.05) is 25.1 Å². The van der Waals surface area contributed by atoms with Crippen LogP contribution in [0.5, 0.6) is 5.75 Å². The van der Waals surface area contributed by atoms with Crippen molar-refractivity contribution in [3.63, 3.8) is 0 Å². The molecule has 0 spiro atoms. The van der Waals surface area contributed by atoms with Gasteiger partial charge in [-0.25, -0.2) is 0 Å². The van der Waals surface area contributed by atoms with Crippen LogP contribution >= 0.6 is 22.9 Å². The predicted octanol–water partition coefficient (Wildman–Crippen LogP) is 5.22. The molecule has 6 heteroatoms. The molecule has 2 aromatic carbocycles. The normalized spacial score (nSPS) is 10.8. The Morgan fingerprint density at radius 1 is 1.12 bits per heavy atom. The van der Waals surface area contributed by atoms with Crippen LogP contribution in [-0.4, -0.2) is 25.7 Å². The van der Waals surface area contributed by atoms with Gasteiger partial charge in [-0.05, 0) is 25.1 Å². The highest BCUT2D eigenvalue weighted by atomic mass is 35.5. The molecule has 0 aliphatic carbocycles. The summed E-state index contributed by atoms with van der Waals surface area (Å²) in [5.74, 6) is 0.361. The second-order valence-corrected chi connectivity index (χ2v) is 6.67. The zero-order valence-electron chi connectivity index (χ0n) is 13.8. The Morgan fingerprint density at radius 3 is 2.68 bits per heavy atom. The zero-order valence-corrected chi connectivity index (χ0v) is 15.3. The van der Waals surface area contributed by atoms with Gasteiger partial charge in [0.05, 0.1) is 17.3 Å². The second kappa shape index (κ2) is 8.34. The van der Waals surface area contributed by atoms with Crippen LogP contribution in [0.25, 0.3) is 10.1 Å². The van der Waals surface area contributed by atoms with Crippen LogP contribution in [0.3, 0.4) is 0 Å². The van der Waals surface area contributed by atoms with Crippen LogP contribution in [-0.2, 0) is 4.74 Å². The van der Waals surface area contributed by atoms with E-state index < -0.39 is 0 Å². The van der Waals surface area contributed by atoms with Gasteiger partial charge in [0.15, 0.2) is 0 Å². The summed E-state index contributed by atoms with van der Waals surface area (Å²) in [7, 11) is 0. The maximum absolute atomic E-state index is 12.7. The summed E-state index contributed by atoms with van der Waals surface area (Å²) in [6, 6.07) is 15.0. The highest BCUT2D eigenvalue weighted by Gasteiger charge is 2.18. The lowest BCUT2D eigenvalue weighted by atomic mass is 10.2. The molecule has 0 atom stereocenters. The molecule has 0 bridgehead atoms. The van der Waals surface area contributed by atoms with E-state index in [0.29, 0.717) is 41.2 Å². The van der Waals surface area contributed by atoms with Gasteiger partial charge in [0.1, 0.15) is 17.2 Å². The fourth-order valence-electron chi connectivity index (χ4n) is 2.39. The van der Waals surface area contributed by atoms with Gasteiger partial charge >= 0.3 is 0 Å². The van der Waals surface area contributed by atoms with E-state index in [9.17, 15) is 4.79 Å². The molecule has 1 amide bonds. The number of benzene rings is 2. The van der Waals surface area contributed by atoms with E-state index in [2.05, 4.69) is 5.32 Å². The van der Waals surface area contributed by atoms with Crippen molar-refractivity contribution in [2.24, 2.45) is 0 Å². The summed E-state index contributed by atoms with van der Waals surface area (Å²) in [5, 5.41) is 4.26. The largest absolute Gasteiger partial charge is 0.489 e. The van der Waals surface area contributed by atoms with Crippen molar-refractivity contribution in [3.8, 4) is 5.75 Å². The number of rotatable bonds is 7. The molecule has 1 N–H and O–H groups in total. The Balaban J connectivity index is 1.77. The topological polar surface area (TPSA) is 47.6 Å². The Morgan fingerprint density at radius 2 is 1.88 bits per heavy atom. The third-order valence-electron chi connectivity index (χ3n) is 3.57. The number of thiophene rings is 1. The van der Waals surface area contributed by atoms with E-state index in [1.54, 1.807) is 6.07 Å². The number of fused-ring (bicyclic) bond motifs is 1. The number of hydrogen-bond donors (Lipinski definition) is 1. The van der Waals surface area contributed by atoms with Gasteiger partial charge in [-0.3, -0.25) is 4.79 Å². The minimum absolute atomic E-state index is 0.243. The van der Waals surface area contributed by atoms with Crippen LogP contribution in [0, 0.1) is 0 Å². The van der Waals surface area contributed by atoms with Crippen molar-refractivity contribution in [1.82, 2.24) is 0 Å². The van der Waals surface area contributed by atoms with E-state index in [1.807, 2.05) is 49.4 Å². The number of halogens is 1. The summed E-state index contributed by atoms with van der Waals surface area (Å²) < 4.78 is 11.9. The fourth-order valence-corrected chi connectivity index (χ4v) is 3.80. The van der Waals surface area contributed by atoms with Gasteiger partial charge in [-0.2, -0.15) is 0 Å². The van der Waals surface area contributed by atoms with Crippen LogP contribution in [0.4, 0.5) is 5.69 Å². The first-order valence-electron chi connectivity index (χ1n) is 7.98. The van der Waals surface area contributed by atoms with Gasteiger partial charge in [-0.15, -0.1) is 11.3 Å². The Kier molecular flexibility index (Phi) is 5.91. The molecular formula is C19H18ClNO3S. The summed E-state index contributed by atoms with van der Waals surface area (Å²) in [5.41, 5.74) is 0.609. The molecule has 0 radical (unpaired) electrons. The SMILES string of the molecule is CCOCCOc1ccccc1NC(=O)c1sc2ccccc2c1Cl. The van der Waals surface area contributed by atoms with E-state index in [0.717, 1.165) is 10.1 Å². The van der Waals surface area contributed by atoms with Crippen molar-refractivity contribution in [1.29, 1.82) is 0 Å². The fraction of sp³-hybridized carbons (Fsp3) is 0.211. The van der Waals surface area contributed by atoms with Crippen molar-refractivity contribution in [3.05, 3.63) is 58.4 Å². The van der Waals surface area contributed by atoms with Crippen molar-refractivity contribution >= 4 is 44.6 Å². The zero-order chi connectivity index (χ0) is 17.6. The minimum Gasteiger partial charge on any atom is -0.489 e. The average Bonchev–Trinajstić information content (AvgIpc) is 2.97. The van der Waals surface area contributed by atoms with E-state index in [4.69, 9.17) is 21.1 Å². The Labute approximate surface area is 155 Å². The molecule has 25 heavy (non-hydrogen) atoms. The molecule has 0 saturated heterocycles. The molecule has 0 saturated carbocycles. The van der Waals surface area contributed by atoms with E-state index in [1.165, 1.54) is 11.3 Å². The molecule has 1 aromatic heterocycles. The summed E-state index contributed by atoms with van der Waals surface area (Å²) in [6.45, 7) is 3.50. The van der Waals surface area contributed by atoms with Gasteiger partial charge in [0.25, 0.3) is 5.91 Å². The first-order chi connectivity index (χ1) is 12.2. The number of nitrogens with one attached hydrogen (secondary N) is 1. The molecular weight excluding hydrogens is 358 g/mol. The summed E-state index contributed by atoms with van der Waals surface area (Å²) >= 11 is 7.75. The number of ether oxygens (including phenoxy) is 2. The van der Waals surface area contributed by atoms with Gasteiger partial charge < -0.3 is 14.8 Å². The molecule has 3 rings (SSSR count). The highest BCUT2D eigenvalue weighted by molar-refractivity contribution is 7.21. The molecule has 3 aromatic rings. The first-order valence-corrected chi connectivity index (χ1v) is 9.18.